The lowest BCUT2D eigenvalue weighted by Gasteiger charge is -2.16. The highest BCUT2D eigenvalue weighted by atomic mass is 32.2. The Labute approximate surface area is 181 Å². The number of carbonyl (C=O) groups is 1. The van der Waals surface area contributed by atoms with Crippen LogP contribution in [0.4, 0.5) is 5.69 Å². The van der Waals surface area contributed by atoms with E-state index in [4.69, 9.17) is 9.47 Å². The number of nitrogens with zero attached hydrogens (tertiary/aromatic N) is 1. The van der Waals surface area contributed by atoms with E-state index in [9.17, 15) is 13.2 Å². The predicted octanol–water partition coefficient (Wildman–Crippen LogP) is 3.47. The highest BCUT2D eigenvalue weighted by Crippen LogP contribution is 2.31. The lowest BCUT2D eigenvalue weighted by molar-refractivity contribution is 0.102. The first-order valence-electron chi connectivity index (χ1n) is 9.58. The number of ether oxygens (including phenoxy) is 2. The van der Waals surface area contributed by atoms with Crippen molar-refractivity contribution in [1.82, 2.24) is 4.31 Å². The summed E-state index contributed by atoms with van der Waals surface area (Å²) in [5.74, 6) is 0.832. The normalized spacial score (nSPS) is 16.6. The van der Waals surface area contributed by atoms with Crippen LogP contribution in [0.1, 0.15) is 23.2 Å². The van der Waals surface area contributed by atoms with Gasteiger partial charge in [-0.25, -0.2) is 12.7 Å². The molecule has 1 aliphatic rings. The second-order valence-corrected chi connectivity index (χ2v) is 10.3. The molecule has 0 bridgehead atoms. The lowest BCUT2D eigenvalue weighted by atomic mass is 10.2. The molecule has 9 heteroatoms. The number of anilines is 1. The van der Waals surface area contributed by atoms with Crippen LogP contribution < -0.4 is 10.1 Å². The SMILES string of the molecule is COc1ccc(S(=O)(=O)N(C)C)cc1NC(=O)c1ccccc1SCC1CCCO1. The number of hydrogen-bond acceptors (Lipinski definition) is 6. The van der Waals surface area contributed by atoms with Crippen molar-refractivity contribution in [2.45, 2.75) is 28.7 Å². The van der Waals surface area contributed by atoms with E-state index in [2.05, 4.69) is 5.32 Å². The van der Waals surface area contributed by atoms with Crippen LogP contribution in [-0.2, 0) is 14.8 Å². The van der Waals surface area contributed by atoms with Gasteiger partial charge in [-0.1, -0.05) is 12.1 Å². The molecular formula is C21H26N2O5S2. The summed E-state index contributed by atoms with van der Waals surface area (Å²) < 4.78 is 37.0. The van der Waals surface area contributed by atoms with E-state index >= 15 is 0 Å². The quantitative estimate of drug-likeness (QED) is 0.620. The first-order chi connectivity index (χ1) is 14.3. The molecule has 0 aromatic heterocycles. The molecule has 7 nitrogen and oxygen atoms in total. The van der Waals surface area contributed by atoms with Gasteiger partial charge in [0.25, 0.3) is 5.91 Å². The molecular weight excluding hydrogens is 424 g/mol. The molecule has 1 heterocycles. The fourth-order valence-corrected chi connectivity index (χ4v) is 5.13. The number of thioether (sulfide) groups is 1. The van der Waals surface area contributed by atoms with Gasteiger partial charge in [0.2, 0.25) is 10.0 Å². The van der Waals surface area contributed by atoms with E-state index in [1.807, 2.05) is 12.1 Å². The Morgan fingerprint density at radius 2 is 2.03 bits per heavy atom. The molecule has 2 aromatic carbocycles. The topological polar surface area (TPSA) is 84.9 Å². The Hall–Kier alpha value is -2.07. The number of amides is 1. The summed E-state index contributed by atoms with van der Waals surface area (Å²) in [6.45, 7) is 0.791. The van der Waals surface area contributed by atoms with Crippen LogP contribution in [0.5, 0.6) is 5.75 Å². The van der Waals surface area contributed by atoms with E-state index in [1.165, 1.54) is 39.4 Å². The summed E-state index contributed by atoms with van der Waals surface area (Å²) in [5, 5.41) is 2.81. The van der Waals surface area contributed by atoms with Crippen LogP contribution in [0, 0.1) is 0 Å². The van der Waals surface area contributed by atoms with Crippen molar-refractivity contribution in [3.8, 4) is 5.75 Å². The molecule has 1 saturated heterocycles. The molecule has 1 fully saturated rings. The van der Waals surface area contributed by atoms with Crippen LogP contribution >= 0.6 is 11.8 Å². The van der Waals surface area contributed by atoms with E-state index in [0.29, 0.717) is 17.0 Å². The largest absolute Gasteiger partial charge is 0.495 e. The summed E-state index contributed by atoms with van der Waals surface area (Å²) in [6, 6.07) is 11.7. The fourth-order valence-electron chi connectivity index (χ4n) is 3.08. The Morgan fingerprint density at radius 1 is 1.27 bits per heavy atom. The van der Waals surface area contributed by atoms with Crippen molar-refractivity contribution in [2.24, 2.45) is 0 Å². The van der Waals surface area contributed by atoms with Crippen LogP contribution in [0.2, 0.25) is 0 Å². The van der Waals surface area contributed by atoms with Gasteiger partial charge in [0.1, 0.15) is 5.75 Å². The van der Waals surface area contributed by atoms with Gasteiger partial charge in [-0.2, -0.15) is 0 Å². The molecule has 1 atom stereocenters. The van der Waals surface area contributed by atoms with Crippen molar-refractivity contribution < 1.29 is 22.7 Å². The summed E-state index contributed by atoms with van der Waals surface area (Å²) in [4.78, 5) is 13.9. The molecule has 0 spiro atoms. The zero-order valence-electron chi connectivity index (χ0n) is 17.3. The maximum absolute atomic E-state index is 13.0. The van der Waals surface area contributed by atoms with E-state index < -0.39 is 10.0 Å². The van der Waals surface area contributed by atoms with Crippen LogP contribution in [0.15, 0.2) is 52.3 Å². The molecule has 3 rings (SSSR count). The Kier molecular flexibility index (Phi) is 7.41. The third kappa shape index (κ3) is 5.15. The number of methoxy groups -OCH3 is 1. The lowest BCUT2D eigenvalue weighted by Crippen LogP contribution is -2.22. The monoisotopic (exact) mass is 450 g/mol. The van der Waals surface area contributed by atoms with Crippen molar-refractivity contribution in [3.05, 3.63) is 48.0 Å². The van der Waals surface area contributed by atoms with E-state index in [0.717, 1.165) is 34.4 Å². The van der Waals surface area contributed by atoms with E-state index in [1.54, 1.807) is 23.9 Å². The molecule has 0 aliphatic carbocycles. The summed E-state index contributed by atoms with van der Waals surface area (Å²) in [6.07, 6.45) is 2.31. The summed E-state index contributed by atoms with van der Waals surface area (Å²) in [5.41, 5.74) is 0.813. The van der Waals surface area contributed by atoms with Gasteiger partial charge in [0.05, 0.1) is 29.4 Å². The number of hydrogen-bond donors (Lipinski definition) is 1. The maximum Gasteiger partial charge on any atom is 0.256 e. The molecule has 0 radical (unpaired) electrons. The summed E-state index contributed by atoms with van der Waals surface area (Å²) >= 11 is 1.58. The number of sulfonamides is 1. The number of rotatable bonds is 8. The van der Waals surface area contributed by atoms with Gasteiger partial charge in [0, 0.05) is 31.4 Å². The van der Waals surface area contributed by atoms with Crippen LogP contribution in [0.25, 0.3) is 0 Å². The molecule has 1 aliphatic heterocycles. The average molecular weight is 451 g/mol. The maximum atomic E-state index is 13.0. The van der Waals surface area contributed by atoms with Crippen molar-refractivity contribution >= 4 is 33.4 Å². The second-order valence-electron chi connectivity index (χ2n) is 7.05. The first kappa shape index (κ1) is 22.6. The van der Waals surface area contributed by atoms with Crippen LogP contribution in [-0.4, -0.2) is 58.3 Å². The second kappa shape index (κ2) is 9.82. The molecule has 30 heavy (non-hydrogen) atoms. The van der Waals surface area contributed by atoms with Gasteiger partial charge in [-0.3, -0.25) is 4.79 Å². The molecule has 1 amide bonds. The predicted molar refractivity (Wildman–Crippen MR) is 118 cm³/mol. The zero-order chi connectivity index (χ0) is 21.7. The van der Waals surface area contributed by atoms with Crippen molar-refractivity contribution in [1.29, 1.82) is 0 Å². The number of nitrogens with one attached hydrogen (secondary N) is 1. The zero-order valence-corrected chi connectivity index (χ0v) is 18.9. The Balaban J connectivity index is 1.83. The molecule has 2 aromatic rings. The van der Waals surface area contributed by atoms with Crippen molar-refractivity contribution in [2.75, 3.05) is 38.9 Å². The van der Waals surface area contributed by atoms with Gasteiger partial charge in [0.15, 0.2) is 0 Å². The fraction of sp³-hybridized carbons (Fsp3) is 0.381. The minimum absolute atomic E-state index is 0.0737. The van der Waals surface area contributed by atoms with Crippen LogP contribution in [0.3, 0.4) is 0 Å². The molecule has 162 valence electrons. The van der Waals surface area contributed by atoms with E-state index in [-0.39, 0.29) is 16.9 Å². The highest BCUT2D eigenvalue weighted by Gasteiger charge is 2.21. The standard InChI is InChI=1S/C21H26N2O5S2/c1-23(2)30(25,26)16-10-11-19(27-3)18(13-16)22-21(24)17-8-4-5-9-20(17)29-14-15-7-6-12-28-15/h4-5,8-11,13,15H,6-7,12,14H2,1-3H3,(H,22,24). The molecule has 1 unspecified atom stereocenters. The average Bonchev–Trinajstić information content (AvgIpc) is 3.26. The third-order valence-electron chi connectivity index (χ3n) is 4.78. The number of benzene rings is 2. The highest BCUT2D eigenvalue weighted by molar-refractivity contribution is 7.99. The van der Waals surface area contributed by atoms with Gasteiger partial charge >= 0.3 is 0 Å². The minimum Gasteiger partial charge on any atom is -0.495 e. The molecule has 1 N–H and O–H groups in total. The first-order valence-corrected chi connectivity index (χ1v) is 12.0. The van der Waals surface area contributed by atoms with Gasteiger partial charge in [-0.05, 0) is 43.2 Å². The smallest absolute Gasteiger partial charge is 0.256 e. The molecule has 0 saturated carbocycles. The van der Waals surface area contributed by atoms with Gasteiger partial charge < -0.3 is 14.8 Å². The summed E-state index contributed by atoms with van der Waals surface area (Å²) in [7, 11) is 0.742. The third-order valence-corrected chi connectivity index (χ3v) is 7.79. The Bertz CT molecular complexity index is 1000. The van der Waals surface area contributed by atoms with Gasteiger partial charge in [-0.15, -0.1) is 11.8 Å². The minimum atomic E-state index is -3.64. The van der Waals surface area contributed by atoms with Crippen molar-refractivity contribution in [3.63, 3.8) is 0 Å². The Morgan fingerprint density at radius 3 is 2.70 bits per heavy atom. The number of carbonyl (C=O) groups excluding carboxylic acids is 1.